The Balaban J connectivity index is 2.27. The molecule has 1 heterocycles. The van der Waals surface area contributed by atoms with Crippen LogP contribution in [0.15, 0.2) is 33.3 Å². The maximum absolute atomic E-state index is 4.84. The Morgan fingerprint density at radius 1 is 1.43 bits per heavy atom. The number of hydrogen-bond donors (Lipinski definition) is 1. The van der Waals surface area contributed by atoms with Crippen molar-refractivity contribution in [2.24, 2.45) is 0 Å². The summed E-state index contributed by atoms with van der Waals surface area (Å²) in [6, 6.07) is 7.97. The van der Waals surface area contributed by atoms with Crippen molar-refractivity contribution in [2.75, 3.05) is 0 Å². The molecule has 2 rings (SSSR count). The van der Waals surface area contributed by atoms with E-state index in [1.54, 1.807) is 0 Å². The second-order valence-electron chi connectivity index (χ2n) is 2.80. The highest BCUT2D eigenvalue weighted by molar-refractivity contribution is 9.10. The van der Waals surface area contributed by atoms with Gasteiger partial charge in [0.2, 0.25) is 0 Å². The summed E-state index contributed by atoms with van der Waals surface area (Å²) < 4.78 is 5.90. The molecule has 0 aliphatic heterocycles. The first-order valence-electron chi connectivity index (χ1n) is 4.03. The SMILES string of the molecule is S=c1nc(Cc2ccccc2Br)[nH]o1. The van der Waals surface area contributed by atoms with Gasteiger partial charge in [-0.3, -0.25) is 0 Å². The van der Waals surface area contributed by atoms with E-state index >= 15 is 0 Å². The lowest BCUT2D eigenvalue weighted by molar-refractivity contribution is 0.399. The third-order valence-electron chi connectivity index (χ3n) is 1.80. The standard InChI is InChI=1S/C9H7BrN2OS/c10-7-4-2-1-3-6(7)5-8-11-9(14)13-12-8/h1-4H,5H2,(H,11,12,14). The summed E-state index contributed by atoms with van der Waals surface area (Å²) >= 11 is 8.22. The molecule has 5 heteroatoms. The molecule has 2 aromatic rings. The summed E-state index contributed by atoms with van der Waals surface area (Å²) in [4.78, 5) is 4.26. The molecular formula is C9H7BrN2OS. The van der Waals surface area contributed by atoms with Crippen molar-refractivity contribution in [1.29, 1.82) is 0 Å². The van der Waals surface area contributed by atoms with Crippen molar-refractivity contribution < 1.29 is 4.52 Å². The number of rotatable bonds is 2. The number of halogens is 1. The van der Waals surface area contributed by atoms with Crippen molar-refractivity contribution in [1.82, 2.24) is 10.1 Å². The van der Waals surface area contributed by atoms with E-state index in [9.17, 15) is 0 Å². The third-order valence-corrected chi connectivity index (χ3v) is 2.75. The number of nitrogens with one attached hydrogen (secondary N) is 1. The first-order chi connectivity index (χ1) is 6.75. The molecule has 0 saturated carbocycles. The molecule has 0 fully saturated rings. The number of H-pyrrole nitrogens is 1. The Morgan fingerprint density at radius 3 is 2.86 bits per heavy atom. The quantitative estimate of drug-likeness (QED) is 0.853. The van der Waals surface area contributed by atoms with Gasteiger partial charge in [-0.15, -0.1) is 0 Å². The molecule has 1 aromatic carbocycles. The van der Waals surface area contributed by atoms with Crippen molar-refractivity contribution >= 4 is 28.1 Å². The van der Waals surface area contributed by atoms with E-state index in [4.69, 9.17) is 16.7 Å². The summed E-state index contributed by atoms with van der Waals surface area (Å²) in [7, 11) is 0. The minimum Gasteiger partial charge on any atom is -0.348 e. The zero-order chi connectivity index (χ0) is 9.97. The van der Waals surface area contributed by atoms with Gasteiger partial charge in [-0.2, -0.15) is 4.98 Å². The summed E-state index contributed by atoms with van der Waals surface area (Å²) in [5, 5.41) is 2.67. The highest BCUT2D eigenvalue weighted by Gasteiger charge is 2.03. The number of benzene rings is 1. The average molecular weight is 271 g/mol. The first-order valence-corrected chi connectivity index (χ1v) is 5.23. The molecular weight excluding hydrogens is 264 g/mol. The van der Waals surface area contributed by atoms with Crippen LogP contribution in [-0.4, -0.2) is 10.1 Å². The van der Waals surface area contributed by atoms with Crippen LogP contribution in [0.3, 0.4) is 0 Å². The lowest BCUT2D eigenvalue weighted by Crippen LogP contribution is -1.91. The molecule has 1 aromatic heterocycles. The van der Waals surface area contributed by atoms with Crippen molar-refractivity contribution in [2.45, 2.75) is 6.42 Å². The zero-order valence-electron chi connectivity index (χ0n) is 7.16. The lowest BCUT2D eigenvalue weighted by Gasteiger charge is -1.99. The van der Waals surface area contributed by atoms with Gasteiger partial charge in [-0.05, 0) is 23.8 Å². The number of aromatic amines is 1. The van der Waals surface area contributed by atoms with Crippen LogP contribution >= 0.6 is 28.1 Å². The summed E-state index contributed by atoms with van der Waals surface area (Å²) in [6.07, 6.45) is 0.682. The topological polar surface area (TPSA) is 41.8 Å². The molecule has 0 spiro atoms. The van der Waals surface area contributed by atoms with Crippen LogP contribution in [0.1, 0.15) is 11.4 Å². The molecule has 0 atom stereocenters. The third kappa shape index (κ3) is 2.10. The molecule has 0 radical (unpaired) electrons. The highest BCUT2D eigenvalue weighted by Crippen LogP contribution is 2.17. The van der Waals surface area contributed by atoms with Crippen LogP contribution in [0.25, 0.3) is 0 Å². The Bertz CT molecular complexity index is 491. The van der Waals surface area contributed by atoms with Crippen LogP contribution in [-0.2, 0) is 6.42 Å². The van der Waals surface area contributed by atoms with Crippen LogP contribution in [0.5, 0.6) is 0 Å². The van der Waals surface area contributed by atoms with Crippen LogP contribution in [0.4, 0.5) is 0 Å². The maximum Gasteiger partial charge on any atom is 0.314 e. The molecule has 0 unspecified atom stereocenters. The van der Waals surface area contributed by atoms with Gasteiger partial charge in [0.25, 0.3) is 0 Å². The van der Waals surface area contributed by atoms with Crippen molar-refractivity contribution in [3.8, 4) is 0 Å². The highest BCUT2D eigenvalue weighted by atomic mass is 79.9. The zero-order valence-corrected chi connectivity index (χ0v) is 9.56. The molecule has 0 amide bonds. The largest absolute Gasteiger partial charge is 0.348 e. The predicted molar refractivity (Wildman–Crippen MR) is 58.6 cm³/mol. The average Bonchev–Trinajstić information content (AvgIpc) is 2.56. The van der Waals surface area contributed by atoms with Gasteiger partial charge in [-0.1, -0.05) is 34.1 Å². The number of aromatic nitrogens is 2. The van der Waals surface area contributed by atoms with E-state index in [1.165, 1.54) is 0 Å². The van der Waals surface area contributed by atoms with E-state index in [1.807, 2.05) is 24.3 Å². The molecule has 3 nitrogen and oxygen atoms in total. The Labute approximate surface area is 94.3 Å². The summed E-state index contributed by atoms with van der Waals surface area (Å²) in [6.45, 7) is 0. The first kappa shape index (κ1) is 9.61. The van der Waals surface area contributed by atoms with Crippen LogP contribution in [0, 0.1) is 4.84 Å². The number of hydrogen-bond acceptors (Lipinski definition) is 3. The molecule has 14 heavy (non-hydrogen) atoms. The van der Waals surface area contributed by atoms with Gasteiger partial charge in [0, 0.05) is 10.9 Å². The molecule has 0 aliphatic carbocycles. The van der Waals surface area contributed by atoms with Crippen LogP contribution in [0.2, 0.25) is 0 Å². The van der Waals surface area contributed by atoms with E-state index < -0.39 is 0 Å². The monoisotopic (exact) mass is 270 g/mol. The molecule has 0 aliphatic rings. The van der Waals surface area contributed by atoms with Gasteiger partial charge in [0.1, 0.15) is 5.82 Å². The van der Waals surface area contributed by atoms with Crippen LogP contribution < -0.4 is 0 Å². The Hall–Kier alpha value is -0.940. The van der Waals surface area contributed by atoms with Crippen molar-refractivity contribution in [3.05, 3.63) is 45.0 Å². The minimum absolute atomic E-state index is 0.243. The second-order valence-corrected chi connectivity index (χ2v) is 4.00. The second kappa shape index (κ2) is 4.06. The molecule has 72 valence electrons. The Morgan fingerprint density at radius 2 is 2.21 bits per heavy atom. The van der Waals surface area contributed by atoms with Gasteiger partial charge in [-0.25, -0.2) is 5.16 Å². The van der Waals surface area contributed by atoms with E-state index in [-0.39, 0.29) is 4.84 Å². The smallest absolute Gasteiger partial charge is 0.314 e. The molecule has 1 N–H and O–H groups in total. The lowest BCUT2D eigenvalue weighted by atomic mass is 10.1. The molecule has 0 bridgehead atoms. The van der Waals surface area contributed by atoms with E-state index in [2.05, 4.69) is 26.1 Å². The fourth-order valence-electron chi connectivity index (χ4n) is 1.16. The van der Waals surface area contributed by atoms with E-state index in [0.29, 0.717) is 6.42 Å². The number of nitrogens with zero attached hydrogens (tertiary/aromatic N) is 1. The maximum atomic E-state index is 4.84. The van der Waals surface area contributed by atoms with Gasteiger partial charge >= 0.3 is 4.84 Å². The van der Waals surface area contributed by atoms with Gasteiger partial charge in [0.05, 0.1) is 0 Å². The minimum atomic E-state index is 0.243. The fraction of sp³-hybridized carbons (Fsp3) is 0.111. The van der Waals surface area contributed by atoms with Gasteiger partial charge < -0.3 is 4.52 Å². The predicted octanol–water partition coefficient (Wildman–Crippen LogP) is 3.09. The van der Waals surface area contributed by atoms with Gasteiger partial charge in [0.15, 0.2) is 0 Å². The molecule has 0 saturated heterocycles. The normalized spacial score (nSPS) is 10.4. The summed E-state index contributed by atoms with van der Waals surface area (Å²) in [5.74, 6) is 0.738. The van der Waals surface area contributed by atoms with Crippen molar-refractivity contribution in [3.63, 3.8) is 0 Å². The fourth-order valence-corrected chi connectivity index (χ4v) is 1.73. The summed E-state index contributed by atoms with van der Waals surface area (Å²) in [5.41, 5.74) is 1.15. The Kier molecular flexibility index (Phi) is 2.79. The van der Waals surface area contributed by atoms with E-state index in [0.717, 1.165) is 15.9 Å².